The molecule has 3 rings (SSSR count). The van der Waals surface area contributed by atoms with Crippen molar-refractivity contribution in [3.8, 4) is 0 Å². The lowest BCUT2D eigenvalue weighted by atomic mass is 10.0. The molecule has 0 radical (unpaired) electrons. The summed E-state index contributed by atoms with van der Waals surface area (Å²) in [4.78, 5) is 36.5. The molecule has 0 aromatic heterocycles. The molecule has 0 bridgehead atoms. The minimum Gasteiger partial charge on any atom is -0.457 e. The van der Waals surface area contributed by atoms with Gasteiger partial charge in [0.1, 0.15) is 5.60 Å². The lowest BCUT2D eigenvalue weighted by Gasteiger charge is -2.20. The average molecular weight is 372 g/mol. The van der Waals surface area contributed by atoms with Gasteiger partial charge in [-0.15, -0.1) is 0 Å². The third-order valence-corrected chi connectivity index (χ3v) is 4.14. The second-order valence-electron chi connectivity index (χ2n) is 7.24. The highest BCUT2D eigenvalue weighted by molar-refractivity contribution is 6.02. The second kappa shape index (κ2) is 6.86. The molecule has 1 aliphatic rings. The number of fused-ring (bicyclic) bond motifs is 3. The Morgan fingerprint density at radius 2 is 1.89 bits per heavy atom. The van der Waals surface area contributed by atoms with Crippen LogP contribution in [0.25, 0.3) is 10.8 Å². The van der Waals surface area contributed by atoms with Crippen LogP contribution in [0.15, 0.2) is 30.3 Å². The number of benzene rings is 2. The largest absolute Gasteiger partial charge is 0.457 e. The lowest BCUT2D eigenvalue weighted by molar-refractivity contribution is -0.383. The number of hydrogen-bond donors (Lipinski definition) is 0. The van der Waals surface area contributed by atoms with Gasteiger partial charge in [-0.05, 0) is 44.2 Å². The van der Waals surface area contributed by atoms with E-state index in [9.17, 15) is 19.7 Å². The molecule has 8 nitrogen and oxygen atoms in total. The van der Waals surface area contributed by atoms with E-state index in [0.29, 0.717) is 24.0 Å². The number of esters is 1. The molecule has 0 unspecified atom stereocenters. The van der Waals surface area contributed by atoms with Crippen molar-refractivity contribution in [3.05, 3.63) is 46.0 Å². The van der Waals surface area contributed by atoms with Gasteiger partial charge in [-0.1, -0.05) is 18.2 Å². The fourth-order valence-electron chi connectivity index (χ4n) is 3.16. The molecule has 2 aromatic rings. The van der Waals surface area contributed by atoms with Crippen LogP contribution in [0.1, 0.15) is 26.3 Å². The van der Waals surface area contributed by atoms with Gasteiger partial charge in [0.2, 0.25) is 0 Å². The summed E-state index contributed by atoms with van der Waals surface area (Å²) in [5.74, 6) is -0.653. The standard InChI is InChI=1S/C19H20N2O6/c1-19(2,3)27-17(22)11-26-18(23)20-9-8-14-12-6-4-5-7-13(12)16(21(24)25)10-15(14)20/h4-7,10H,8-9,11H2,1-3H3. The smallest absolute Gasteiger partial charge is 0.414 e. The van der Waals surface area contributed by atoms with Gasteiger partial charge in [0, 0.05) is 12.6 Å². The van der Waals surface area contributed by atoms with E-state index in [0.717, 1.165) is 10.9 Å². The Morgan fingerprint density at radius 3 is 2.52 bits per heavy atom. The summed E-state index contributed by atoms with van der Waals surface area (Å²) in [6.45, 7) is 4.96. The van der Waals surface area contributed by atoms with E-state index in [1.807, 2.05) is 0 Å². The number of nitro benzene ring substituents is 1. The van der Waals surface area contributed by atoms with Crippen molar-refractivity contribution in [1.29, 1.82) is 0 Å². The summed E-state index contributed by atoms with van der Waals surface area (Å²) < 4.78 is 10.1. The summed E-state index contributed by atoms with van der Waals surface area (Å²) in [5, 5.41) is 12.7. The first-order valence-corrected chi connectivity index (χ1v) is 8.52. The molecule has 0 saturated heterocycles. The van der Waals surface area contributed by atoms with Crippen LogP contribution in [0.5, 0.6) is 0 Å². The normalized spacial score (nSPS) is 13.4. The zero-order valence-electron chi connectivity index (χ0n) is 15.4. The van der Waals surface area contributed by atoms with E-state index in [-0.39, 0.29) is 5.69 Å². The van der Waals surface area contributed by atoms with Gasteiger partial charge in [0.05, 0.1) is 16.0 Å². The van der Waals surface area contributed by atoms with Crippen LogP contribution in [0.2, 0.25) is 0 Å². The highest BCUT2D eigenvalue weighted by atomic mass is 16.6. The molecule has 0 saturated carbocycles. The third kappa shape index (κ3) is 3.84. The number of rotatable bonds is 3. The molecule has 8 heteroatoms. The van der Waals surface area contributed by atoms with Crippen molar-refractivity contribution in [1.82, 2.24) is 0 Å². The predicted molar refractivity (Wildman–Crippen MR) is 98.8 cm³/mol. The van der Waals surface area contributed by atoms with Crippen LogP contribution in [-0.2, 0) is 20.7 Å². The maximum atomic E-state index is 12.4. The number of amides is 1. The SMILES string of the molecule is CC(C)(C)OC(=O)COC(=O)N1CCc2c1cc([N+](=O)[O-])c1ccccc21. The van der Waals surface area contributed by atoms with Gasteiger partial charge < -0.3 is 9.47 Å². The number of hydrogen-bond acceptors (Lipinski definition) is 6. The third-order valence-electron chi connectivity index (χ3n) is 4.14. The highest BCUT2D eigenvalue weighted by Crippen LogP contribution is 2.39. The van der Waals surface area contributed by atoms with Crippen molar-refractivity contribution < 1.29 is 24.0 Å². The Morgan fingerprint density at radius 1 is 1.22 bits per heavy atom. The number of nitro groups is 1. The first kappa shape index (κ1) is 18.6. The van der Waals surface area contributed by atoms with Crippen molar-refractivity contribution in [2.24, 2.45) is 0 Å². The molecule has 0 spiro atoms. The maximum Gasteiger partial charge on any atom is 0.414 e. The summed E-state index contributed by atoms with van der Waals surface area (Å²) in [6.07, 6.45) is -0.181. The van der Waals surface area contributed by atoms with Crippen LogP contribution in [-0.4, -0.2) is 35.7 Å². The van der Waals surface area contributed by atoms with Gasteiger partial charge >= 0.3 is 12.1 Å². The van der Waals surface area contributed by atoms with Gasteiger partial charge in [-0.3, -0.25) is 15.0 Å². The quantitative estimate of drug-likeness (QED) is 0.464. The van der Waals surface area contributed by atoms with Crippen molar-refractivity contribution >= 4 is 34.2 Å². The summed E-state index contributed by atoms with van der Waals surface area (Å²) in [5.41, 5.74) is 0.541. The molecular formula is C19H20N2O6. The number of nitrogens with zero attached hydrogens (tertiary/aromatic N) is 2. The van der Waals surface area contributed by atoms with Crippen LogP contribution >= 0.6 is 0 Å². The van der Waals surface area contributed by atoms with Crippen molar-refractivity contribution in [2.75, 3.05) is 18.1 Å². The average Bonchev–Trinajstić information content (AvgIpc) is 3.01. The van der Waals surface area contributed by atoms with E-state index in [1.165, 1.54) is 11.0 Å². The monoisotopic (exact) mass is 372 g/mol. The van der Waals surface area contributed by atoms with Gasteiger partial charge in [0.15, 0.2) is 6.61 Å². The van der Waals surface area contributed by atoms with Gasteiger partial charge in [-0.25, -0.2) is 9.59 Å². The maximum absolute atomic E-state index is 12.4. The Kier molecular flexibility index (Phi) is 4.73. The molecule has 142 valence electrons. The topological polar surface area (TPSA) is 99.0 Å². The van der Waals surface area contributed by atoms with E-state index in [1.54, 1.807) is 45.0 Å². The first-order chi connectivity index (χ1) is 12.7. The molecule has 0 atom stereocenters. The minimum atomic E-state index is -0.732. The van der Waals surface area contributed by atoms with Crippen molar-refractivity contribution in [2.45, 2.75) is 32.8 Å². The van der Waals surface area contributed by atoms with Crippen LogP contribution in [0, 0.1) is 10.1 Å². The predicted octanol–water partition coefficient (Wildman–Crippen LogP) is 3.59. The van der Waals surface area contributed by atoms with Crippen LogP contribution in [0.3, 0.4) is 0 Å². The fraction of sp³-hybridized carbons (Fsp3) is 0.368. The van der Waals surface area contributed by atoms with Crippen LogP contribution < -0.4 is 4.90 Å². The zero-order valence-corrected chi connectivity index (χ0v) is 15.4. The lowest BCUT2D eigenvalue weighted by Crippen LogP contribution is -2.33. The first-order valence-electron chi connectivity index (χ1n) is 8.52. The molecule has 0 fully saturated rings. The summed E-state index contributed by atoms with van der Waals surface area (Å²) in [6, 6.07) is 8.42. The molecule has 1 amide bonds. The van der Waals surface area contributed by atoms with Gasteiger partial charge in [-0.2, -0.15) is 0 Å². The number of non-ortho nitro benzene ring substituents is 1. The highest BCUT2D eigenvalue weighted by Gasteiger charge is 2.31. The molecule has 1 heterocycles. The van der Waals surface area contributed by atoms with Crippen LogP contribution in [0.4, 0.5) is 16.2 Å². The molecule has 0 N–H and O–H groups in total. The Bertz CT molecular complexity index is 932. The summed E-state index contributed by atoms with van der Waals surface area (Å²) in [7, 11) is 0. The van der Waals surface area contributed by atoms with E-state index >= 15 is 0 Å². The number of carbonyl (C=O) groups excluding carboxylic acids is 2. The molecule has 2 aromatic carbocycles. The molecule has 0 aliphatic carbocycles. The second-order valence-corrected chi connectivity index (χ2v) is 7.24. The summed E-state index contributed by atoms with van der Waals surface area (Å²) >= 11 is 0. The number of carbonyl (C=O) groups is 2. The van der Waals surface area contributed by atoms with E-state index in [2.05, 4.69) is 0 Å². The Labute approximate surface area is 155 Å². The van der Waals surface area contributed by atoms with E-state index in [4.69, 9.17) is 9.47 Å². The van der Waals surface area contributed by atoms with E-state index < -0.39 is 29.2 Å². The number of ether oxygens (including phenoxy) is 2. The zero-order chi connectivity index (χ0) is 19.8. The Hall–Kier alpha value is -3.16. The van der Waals surface area contributed by atoms with Gasteiger partial charge in [0.25, 0.3) is 5.69 Å². The molecule has 1 aliphatic heterocycles. The Balaban J connectivity index is 1.85. The molecular weight excluding hydrogens is 352 g/mol. The number of anilines is 1. The minimum absolute atomic E-state index is 0.0730. The van der Waals surface area contributed by atoms with Crippen molar-refractivity contribution in [3.63, 3.8) is 0 Å². The molecule has 27 heavy (non-hydrogen) atoms. The fourth-order valence-corrected chi connectivity index (χ4v) is 3.16.